The van der Waals surface area contributed by atoms with Gasteiger partial charge in [0.25, 0.3) is 5.69 Å². The van der Waals surface area contributed by atoms with Crippen molar-refractivity contribution >= 4 is 51.9 Å². The summed E-state index contributed by atoms with van der Waals surface area (Å²) in [5.41, 5.74) is 1.34. The molecule has 3 aromatic rings. The van der Waals surface area contributed by atoms with Crippen molar-refractivity contribution in [2.75, 3.05) is 6.61 Å². The zero-order valence-electron chi connectivity index (χ0n) is 19.5. The minimum Gasteiger partial charge on any atom is -0.490 e. The summed E-state index contributed by atoms with van der Waals surface area (Å²) in [6.45, 7) is 3.95. The first-order valence-corrected chi connectivity index (χ1v) is 11.9. The molecule has 1 aliphatic heterocycles. The summed E-state index contributed by atoms with van der Waals surface area (Å²) in [6, 6.07) is 13.4. The Labute approximate surface area is 223 Å². The van der Waals surface area contributed by atoms with Crippen LogP contribution in [0.3, 0.4) is 0 Å². The number of hydrogen-bond donors (Lipinski definition) is 0. The molecule has 0 atom stereocenters. The van der Waals surface area contributed by atoms with Crippen molar-refractivity contribution < 1.29 is 28.9 Å². The van der Waals surface area contributed by atoms with Crippen molar-refractivity contribution in [1.82, 2.24) is 0 Å². The molecule has 188 valence electrons. The quantitative estimate of drug-likeness (QED) is 0.0995. The van der Waals surface area contributed by atoms with Crippen LogP contribution in [0.5, 0.6) is 17.2 Å². The van der Waals surface area contributed by atoms with Gasteiger partial charge in [-0.05, 0) is 90.0 Å². The molecule has 0 aromatic heterocycles. The third-order valence-electron chi connectivity index (χ3n) is 5.17. The van der Waals surface area contributed by atoms with Crippen molar-refractivity contribution in [2.24, 2.45) is 4.99 Å². The fourth-order valence-corrected chi connectivity index (χ4v) is 3.74. The van der Waals surface area contributed by atoms with Crippen LogP contribution in [0.15, 0.2) is 65.3 Å². The van der Waals surface area contributed by atoms with Gasteiger partial charge >= 0.3 is 11.7 Å². The lowest BCUT2D eigenvalue weighted by atomic mass is 10.1. The SMILES string of the molecule is CCOc1cc(/C=C2\N=C(c3ccc(I)c(C)c3)OC2=O)ccc1Oc1ccc([N+](=O)[O-])cc1[N+](=O)[O-]. The Hall–Kier alpha value is -4.33. The van der Waals surface area contributed by atoms with E-state index in [1.54, 1.807) is 19.1 Å². The summed E-state index contributed by atoms with van der Waals surface area (Å²) >= 11 is 2.21. The van der Waals surface area contributed by atoms with Crippen LogP contribution >= 0.6 is 22.6 Å². The van der Waals surface area contributed by atoms with Crippen LogP contribution in [0.25, 0.3) is 6.08 Å². The lowest BCUT2D eigenvalue weighted by Crippen LogP contribution is -2.05. The topological polar surface area (TPSA) is 143 Å². The molecule has 1 aliphatic rings. The number of halogens is 1. The highest BCUT2D eigenvalue weighted by Gasteiger charge is 2.25. The van der Waals surface area contributed by atoms with Crippen LogP contribution in [-0.2, 0) is 9.53 Å². The number of nitro groups is 2. The fourth-order valence-electron chi connectivity index (χ4n) is 3.40. The van der Waals surface area contributed by atoms with E-state index in [-0.39, 0.29) is 35.5 Å². The Morgan fingerprint density at radius 3 is 2.43 bits per heavy atom. The van der Waals surface area contributed by atoms with E-state index >= 15 is 0 Å². The Bertz CT molecular complexity index is 1500. The van der Waals surface area contributed by atoms with Crippen LogP contribution in [0.4, 0.5) is 11.4 Å². The number of benzene rings is 3. The van der Waals surface area contributed by atoms with E-state index in [2.05, 4.69) is 27.6 Å². The summed E-state index contributed by atoms with van der Waals surface area (Å²) in [4.78, 5) is 37.7. The van der Waals surface area contributed by atoms with Crippen molar-refractivity contribution in [1.29, 1.82) is 0 Å². The van der Waals surface area contributed by atoms with Gasteiger partial charge in [-0.1, -0.05) is 6.07 Å². The lowest BCUT2D eigenvalue weighted by Gasteiger charge is -2.12. The van der Waals surface area contributed by atoms with Gasteiger partial charge in [-0.3, -0.25) is 20.2 Å². The fraction of sp³-hybridized carbons (Fsp3) is 0.120. The molecule has 3 aromatic carbocycles. The Kier molecular flexibility index (Phi) is 7.47. The van der Waals surface area contributed by atoms with E-state index in [0.717, 1.165) is 27.3 Å². The van der Waals surface area contributed by atoms with Gasteiger partial charge in [-0.25, -0.2) is 9.79 Å². The summed E-state index contributed by atoms with van der Waals surface area (Å²) in [7, 11) is 0. The molecular formula is C25H18IN3O8. The summed E-state index contributed by atoms with van der Waals surface area (Å²) in [5.74, 6) is -0.205. The molecule has 0 N–H and O–H groups in total. The van der Waals surface area contributed by atoms with Crippen molar-refractivity contribution in [2.45, 2.75) is 13.8 Å². The monoisotopic (exact) mass is 615 g/mol. The number of cyclic esters (lactones) is 1. The van der Waals surface area contributed by atoms with Crippen LogP contribution in [0, 0.1) is 30.7 Å². The van der Waals surface area contributed by atoms with Crippen LogP contribution in [0.1, 0.15) is 23.6 Å². The average Bonchev–Trinajstić information content (AvgIpc) is 3.22. The first kappa shape index (κ1) is 25.8. The van der Waals surface area contributed by atoms with Gasteiger partial charge in [0.2, 0.25) is 11.6 Å². The molecule has 0 spiro atoms. The third kappa shape index (κ3) is 5.74. The first-order valence-electron chi connectivity index (χ1n) is 10.8. The molecule has 12 heteroatoms. The summed E-state index contributed by atoms with van der Waals surface area (Å²) in [5, 5.41) is 22.4. The molecule has 0 bridgehead atoms. The van der Waals surface area contributed by atoms with E-state index in [1.807, 2.05) is 25.1 Å². The second kappa shape index (κ2) is 10.7. The smallest absolute Gasteiger partial charge is 0.363 e. The zero-order valence-corrected chi connectivity index (χ0v) is 21.6. The van der Waals surface area contributed by atoms with Crippen LogP contribution < -0.4 is 9.47 Å². The number of nitrogens with zero attached hydrogens (tertiary/aromatic N) is 3. The van der Waals surface area contributed by atoms with E-state index < -0.39 is 27.2 Å². The molecule has 0 saturated heterocycles. The van der Waals surface area contributed by atoms with Gasteiger partial charge in [-0.2, -0.15) is 0 Å². The molecule has 37 heavy (non-hydrogen) atoms. The van der Waals surface area contributed by atoms with Gasteiger partial charge in [0.15, 0.2) is 17.2 Å². The number of rotatable bonds is 8. The second-order valence-corrected chi connectivity index (χ2v) is 8.87. The predicted octanol–water partition coefficient (Wildman–Crippen LogP) is 5.95. The number of ether oxygens (including phenoxy) is 3. The van der Waals surface area contributed by atoms with Crippen LogP contribution in [0.2, 0.25) is 0 Å². The maximum Gasteiger partial charge on any atom is 0.363 e. The maximum atomic E-state index is 12.4. The van der Waals surface area contributed by atoms with Crippen molar-refractivity contribution in [3.63, 3.8) is 0 Å². The number of hydrogen-bond acceptors (Lipinski definition) is 9. The molecule has 11 nitrogen and oxygen atoms in total. The van der Waals surface area contributed by atoms with Crippen molar-refractivity contribution in [3.05, 3.63) is 101 Å². The highest BCUT2D eigenvalue weighted by molar-refractivity contribution is 14.1. The number of carbonyl (C=O) groups excluding carboxylic acids is 1. The Morgan fingerprint density at radius 2 is 1.76 bits per heavy atom. The number of esters is 1. The average molecular weight is 615 g/mol. The first-order chi connectivity index (χ1) is 17.7. The highest BCUT2D eigenvalue weighted by atomic mass is 127. The third-order valence-corrected chi connectivity index (χ3v) is 6.38. The van der Waals surface area contributed by atoms with Gasteiger partial charge in [-0.15, -0.1) is 0 Å². The number of nitro benzene ring substituents is 2. The second-order valence-electron chi connectivity index (χ2n) is 7.71. The largest absolute Gasteiger partial charge is 0.490 e. The normalized spacial score (nSPS) is 13.8. The number of carbonyl (C=O) groups is 1. The number of aliphatic imine (C=N–C) groups is 1. The minimum atomic E-state index is -0.766. The zero-order chi connectivity index (χ0) is 26.7. The molecule has 4 rings (SSSR count). The molecule has 0 fully saturated rings. The standard InChI is InChI=1S/C25H18IN3O8/c1-3-35-23-12-15(11-19-25(30)37-24(27-19)16-5-7-18(26)14(2)10-16)4-8-22(23)36-21-9-6-17(28(31)32)13-20(21)29(33)34/h4-13H,3H2,1-2H3/b19-11-. The van der Waals surface area contributed by atoms with Crippen molar-refractivity contribution in [3.8, 4) is 17.2 Å². The van der Waals surface area contributed by atoms with Gasteiger partial charge in [0.1, 0.15) is 0 Å². The maximum absolute atomic E-state index is 12.4. The molecule has 0 saturated carbocycles. The van der Waals surface area contributed by atoms with Gasteiger partial charge in [0, 0.05) is 15.2 Å². The highest BCUT2D eigenvalue weighted by Crippen LogP contribution is 2.39. The summed E-state index contributed by atoms with van der Waals surface area (Å²) in [6.07, 6.45) is 1.52. The molecule has 0 unspecified atom stereocenters. The molecule has 0 aliphatic carbocycles. The Balaban J connectivity index is 1.65. The van der Waals surface area contributed by atoms with Crippen LogP contribution in [-0.4, -0.2) is 28.3 Å². The Morgan fingerprint density at radius 1 is 1.00 bits per heavy atom. The number of aryl methyl sites for hydroxylation is 1. The van der Waals surface area contributed by atoms with E-state index in [0.29, 0.717) is 11.1 Å². The molecular weight excluding hydrogens is 597 g/mol. The predicted molar refractivity (Wildman–Crippen MR) is 142 cm³/mol. The molecule has 1 heterocycles. The summed E-state index contributed by atoms with van der Waals surface area (Å²) < 4.78 is 17.8. The minimum absolute atomic E-state index is 0.0910. The molecule has 0 radical (unpaired) electrons. The van der Waals surface area contributed by atoms with Gasteiger partial charge < -0.3 is 14.2 Å². The molecule has 0 amide bonds. The number of non-ortho nitro benzene ring substituents is 1. The van der Waals surface area contributed by atoms with E-state index in [4.69, 9.17) is 14.2 Å². The van der Waals surface area contributed by atoms with E-state index in [1.165, 1.54) is 12.1 Å². The lowest BCUT2D eigenvalue weighted by molar-refractivity contribution is -0.394. The van der Waals surface area contributed by atoms with Gasteiger partial charge in [0.05, 0.1) is 22.5 Å². The van der Waals surface area contributed by atoms with E-state index in [9.17, 15) is 25.0 Å².